The lowest BCUT2D eigenvalue weighted by Crippen LogP contribution is -2.14. The van der Waals surface area contributed by atoms with Gasteiger partial charge < -0.3 is 11.1 Å². The molecule has 0 aliphatic heterocycles. The Morgan fingerprint density at radius 3 is 2.95 bits per heavy atom. The second kappa shape index (κ2) is 6.84. The minimum atomic E-state index is -0.696. The molecule has 0 radical (unpaired) electrons. The average molecular weight is 304 g/mol. The lowest BCUT2D eigenvalue weighted by Gasteiger charge is -2.08. The molecule has 1 heterocycles. The normalized spacial score (nSPS) is 9.67. The Bertz CT molecular complexity index is 737. The van der Waals surface area contributed by atoms with E-state index in [-0.39, 0.29) is 12.1 Å². The minimum Gasteiger partial charge on any atom is -0.321 e. The first-order valence-corrected chi connectivity index (χ1v) is 6.39. The number of anilines is 1. The van der Waals surface area contributed by atoms with E-state index in [9.17, 15) is 9.18 Å². The molecule has 0 aliphatic carbocycles. The Kier molecular flexibility index (Phi) is 4.88. The predicted octanol–water partition coefficient (Wildman–Crippen LogP) is 2.44. The zero-order chi connectivity index (χ0) is 15.2. The van der Waals surface area contributed by atoms with E-state index < -0.39 is 11.7 Å². The number of amides is 1. The Morgan fingerprint density at radius 1 is 1.43 bits per heavy atom. The molecular weight excluding hydrogens is 293 g/mol. The van der Waals surface area contributed by atoms with E-state index in [0.29, 0.717) is 16.3 Å². The summed E-state index contributed by atoms with van der Waals surface area (Å²) in [5, 5.41) is 3.07. The first-order valence-electron chi connectivity index (χ1n) is 6.01. The van der Waals surface area contributed by atoms with Gasteiger partial charge in [-0.15, -0.1) is 0 Å². The largest absolute Gasteiger partial charge is 0.321 e. The first kappa shape index (κ1) is 15.0. The molecule has 21 heavy (non-hydrogen) atoms. The first-order chi connectivity index (χ1) is 10.1. The summed E-state index contributed by atoms with van der Waals surface area (Å²) in [4.78, 5) is 15.7. The van der Waals surface area contributed by atoms with Crippen LogP contribution < -0.4 is 11.1 Å². The van der Waals surface area contributed by atoms with Gasteiger partial charge in [0, 0.05) is 16.8 Å². The van der Waals surface area contributed by atoms with Crippen LogP contribution in [0.1, 0.15) is 15.9 Å². The van der Waals surface area contributed by atoms with E-state index in [1.165, 1.54) is 12.3 Å². The van der Waals surface area contributed by atoms with Crippen molar-refractivity contribution in [2.24, 2.45) is 5.73 Å². The fourth-order valence-corrected chi connectivity index (χ4v) is 1.80. The highest BCUT2D eigenvalue weighted by molar-refractivity contribution is 6.30. The zero-order valence-electron chi connectivity index (χ0n) is 10.9. The average Bonchev–Trinajstić information content (AvgIpc) is 2.47. The smallest absolute Gasteiger partial charge is 0.258 e. The third kappa shape index (κ3) is 3.78. The van der Waals surface area contributed by atoms with Crippen molar-refractivity contribution in [3.63, 3.8) is 0 Å². The van der Waals surface area contributed by atoms with Crippen molar-refractivity contribution in [1.82, 2.24) is 4.98 Å². The monoisotopic (exact) mass is 303 g/mol. The van der Waals surface area contributed by atoms with Gasteiger partial charge in [-0.2, -0.15) is 0 Å². The van der Waals surface area contributed by atoms with E-state index in [0.717, 1.165) is 6.20 Å². The van der Waals surface area contributed by atoms with Gasteiger partial charge in [-0.3, -0.25) is 9.78 Å². The van der Waals surface area contributed by atoms with Gasteiger partial charge in [0.15, 0.2) is 5.82 Å². The van der Waals surface area contributed by atoms with Crippen molar-refractivity contribution >= 4 is 23.2 Å². The number of nitrogens with zero attached hydrogens (tertiary/aromatic N) is 1. The molecule has 1 amide bonds. The maximum atomic E-state index is 13.5. The molecule has 106 valence electrons. The lowest BCUT2D eigenvalue weighted by molar-refractivity contribution is 0.102. The van der Waals surface area contributed by atoms with E-state index in [2.05, 4.69) is 22.1 Å². The number of carbonyl (C=O) groups excluding carboxylic acids is 1. The van der Waals surface area contributed by atoms with Crippen LogP contribution >= 0.6 is 11.6 Å². The van der Waals surface area contributed by atoms with Crippen molar-refractivity contribution in [2.75, 3.05) is 11.9 Å². The van der Waals surface area contributed by atoms with Gasteiger partial charge in [0.2, 0.25) is 0 Å². The van der Waals surface area contributed by atoms with Crippen molar-refractivity contribution in [2.45, 2.75) is 0 Å². The number of carbonyl (C=O) groups is 1. The standard InChI is InChI=1S/C15H11ClFN3O/c16-11-3-4-14(10(8-11)2-1-6-18)20-15(21)12-5-7-19-9-13(12)17/h3-5,7-9H,6,18H2,(H,20,21). The van der Waals surface area contributed by atoms with Crippen molar-refractivity contribution in [1.29, 1.82) is 0 Å². The lowest BCUT2D eigenvalue weighted by atomic mass is 10.1. The van der Waals surface area contributed by atoms with Gasteiger partial charge >= 0.3 is 0 Å². The van der Waals surface area contributed by atoms with Gasteiger partial charge in [0.05, 0.1) is 24.0 Å². The summed E-state index contributed by atoms with van der Waals surface area (Å²) in [6.45, 7) is 0.179. The highest BCUT2D eigenvalue weighted by Gasteiger charge is 2.13. The van der Waals surface area contributed by atoms with Crippen LogP contribution in [0.2, 0.25) is 5.02 Å². The summed E-state index contributed by atoms with van der Waals surface area (Å²) in [6.07, 6.45) is 2.32. The summed E-state index contributed by atoms with van der Waals surface area (Å²) in [5.74, 6) is 4.20. The molecule has 0 fully saturated rings. The Labute approximate surface area is 126 Å². The SMILES string of the molecule is NCC#Cc1cc(Cl)ccc1NC(=O)c1ccncc1F. The second-order valence-electron chi connectivity index (χ2n) is 4.01. The number of hydrogen-bond acceptors (Lipinski definition) is 3. The molecule has 0 bridgehead atoms. The number of nitrogens with two attached hydrogens (primary N) is 1. The highest BCUT2D eigenvalue weighted by Crippen LogP contribution is 2.21. The maximum Gasteiger partial charge on any atom is 0.258 e. The van der Waals surface area contributed by atoms with Crippen LogP contribution in [0.3, 0.4) is 0 Å². The van der Waals surface area contributed by atoms with Gasteiger partial charge in [-0.1, -0.05) is 23.4 Å². The predicted molar refractivity (Wildman–Crippen MR) is 79.5 cm³/mol. The molecule has 2 aromatic rings. The number of hydrogen-bond donors (Lipinski definition) is 2. The molecular formula is C15H11ClFN3O. The molecule has 6 heteroatoms. The van der Waals surface area contributed by atoms with Gasteiger partial charge in [0.25, 0.3) is 5.91 Å². The fraction of sp³-hybridized carbons (Fsp3) is 0.0667. The molecule has 3 N–H and O–H groups in total. The van der Waals surface area contributed by atoms with Crippen LogP contribution in [0.15, 0.2) is 36.7 Å². The fourth-order valence-electron chi connectivity index (χ4n) is 1.62. The molecule has 0 aliphatic rings. The van der Waals surface area contributed by atoms with E-state index in [4.69, 9.17) is 17.3 Å². The van der Waals surface area contributed by atoms with Crippen LogP contribution in [0.25, 0.3) is 0 Å². The topological polar surface area (TPSA) is 68.0 Å². The molecule has 0 atom stereocenters. The molecule has 0 spiro atoms. The Morgan fingerprint density at radius 2 is 2.24 bits per heavy atom. The van der Waals surface area contributed by atoms with Crippen LogP contribution in [-0.4, -0.2) is 17.4 Å². The van der Waals surface area contributed by atoms with E-state index >= 15 is 0 Å². The highest BCUT2D eigenvalue weighted by atomic mass is 35.5. The third-order valence-electron chi connectivity index (χ3n) is 2.57. The summed E-state index contributed by atoms with van der Waals surface area (Å²) in [7, 11) is 0. The molecule has 0 saturated heterocycles. The summed E-state index contributed by atoms with van der Waals surface area (Å²) < 4.78 is 13.5. The van der Waals surface area contributed by atoms with Crippen molar-refractivity contribution in [3.8, 4) is 11.8 Å². The third-order valence-corrected chi connectivity index (χ3v) is 2.81. The van der Waals surface area contributed by atoms with Gasteiger partial charge in [-0.05, 0) is 24.3 Å². The number of pyridine rings is 1. The van der Waals surface area contributed by atoms with Crippen LogP contribution in [0.4, 0.5) is 10.1 Å². The maximum absolute atomic E-state index is 13.5. The summed E-state index contributed by atoms with van der Waals surface area (Å²) in [5.41, 5.74) is 6.17. The van der Waals surface area contributed by atoms with Crippen LogP contribution in [0, 0.1) is 17.7 Å². The van der Waals surface area contributed by atoms with Gasteiger partial charge in [0.1, 0.15) is 0 Å². The molecule has 4 nitrogen and oxygen atoms in total. The molecule has 2 rings (SSSR count). The van der Waals surface area contributed by atoms with Crippen molar-refractivity contribution in [3.05, 3.63) is 58.6 Å². The number of rotatable bonds is 2. The van der Waals surface area contributed by atoms with E-state index in [1.54, 1.807) is 18.2 Å². The van der Waals surface area contributed by atoms with E-state index in [1.807, 2.05) is 0 Å². The number of nitrogens with one attached hydrogen (secondary N) is 1. The molecule has 1 aromatic heterocycles. The summed E-state index contributed by atoms with van der Waals surface area (Å²) >= 11 is 5.89. The van der Waals surface area contributed by atoms with Crippen molar-refractivity contribution < 1.29 is 9.18 Å². The Balaban J connectivity index is 2.31. The van der Waals surface area contributed by atoms with Gasteiger partial charge in [-0.25, -0.2) is 4.39 Å². The number of aromatic nitrogens is 1. The Hall–Kier alpha value is -2.42. The number of benzene rings is 1. The molecule has 0 saturated carbocycles. The zero-order valence-corrected chi connectivity index (χ0v) is 11.6. The second-order valence-corrected chi connectivity index (χ2v) is 4.44. The number of halogens is 2. The molecule has 1 aromatic carbocycles. The van der Waals surface area contributed by atoms with Crippen LogP contribution in [-0.2, 0) is 0 Å². The minimum absolute atomic E-state index is 0.0994. The van der Waals surface area contributed by atoms with Crippen LogP contribution in [0.5, 0.6) is 0 Å². The quantitative estimate of drug-likeness (QED) is 0.837. The summed E-state index contributed by atoms with van der Waals surface area (Å²) in [6, 6.07) is 6.10. The molecule has 0 unspecified atom stereocenters.